The highest BCUT2D eigenvalue weighted by Crippen LogP contribution is 2.35. The first-order valence-electron chi connectivity index (χ1n) is 14.6. The molecule has 2 amide bonds. The van der Waals surface area contributed by atoms with Gasteiger partial charge < -0.3 is 21.3 Å². The Morgan fingerprint density at radius 3 is 2.60 bits per heavy atom. The zero-order valence-electron chi connectivity index (χ0n) is 24.0. The van der Waals surface area contributed by atoms with Gasteiger partial charge in [-0.3, -0.25) is 19.2 Å². The van der Waals surface area contributed by atoms with E-state index >= 15 is 0 Å². The summed E-state index contributed by atoms with van der Waals surface area (Å²) < 4.78 is 0. The molecule has 1 aliphatic heterocycles. The number of benzene rings is 2. The van der Waals surface area contributed by atoms with Crippen molar-refractivity contribution in [1.82, 2.24) is 41.2 Å². The number of rotatable bonds is 7. The van der Waals surface area contributed by atoms with E-state index in [0.717, 1.165) is 65.6 Å². The number of fused-ring (bicyclic) bond motifs is 2. The molecule has 0 saturated heterocycles. The SMILES string of the molecule is Nc1c(N2CCCCc3ccc(CNC(=O)c4cc(C(=O)N[C@H]5CCc6cc(-c7nn[nH]n7)ccc65)ncn4)cc32)c(=O)c1=O. The standard InChI is InChI=1S/C31H28N10O4/c32-25-26(28(43)27(25)42)41-10-2-1-3-17-5-4-16(11-24(17)41)14-33-30(44)22-13-23(35-15-34-22)31(45)36-21-9-7-18-12-19(6-8-20(18)21)29-37-39-40-38-29/h4-6,8,11-13,15,21H,1-3,7,9-10,14,32H2,(H,33,44)(H,36,45)(H,37,38,39,40)/t21-/m0/s1. The van der Waals surface area contributed by atoms with Crippen molar-refractivity contribution in [2.24, 2.45) is 0 Å². The Bertz CT molecular complexity index is 2020. The monoisotopic (exact) mass is 604 g/mol. The Hall–Kier alpha value is -5.79. The van der Waals surface area contributed by atoms with E-state index in [0.29, 0.717) is 12.4 Å². The first kappa shape index (κ1) is 28.0. The van der Waals surface area contributed by atoms with Gasteiger partial charge in [0.2, 0.25) is 5.82 Å². The van der Waals surface area contributed by atoms with Crippen molar-refractivity contribution in [2.45, 2.75) is 44.7 Å². The van der Waals surface area contributed by atoms with Crippen LogP contribution >= 0.6 is 0 Å². The molecule has 0 radical (unpaired) electrons. The highest BCUT2D eigenvalue weighted by atomic mass is 16.2. The van der Waals surface area contributed by atoms with Crippen molar-refractivity contribution in [3.63, 3.8) is 0 Å². The maximum Gasteiger partial charge on any atom is 0.270 e. The highest BCUT2D eigenvalue weighted by Gasteiger charge is 2.28. The lowest BCUT2D eigenvalue weighted by Crippen LogP contribution is -2.41. The number of nitrogens with two attached hydrogens (primary N) is 1. The number of hydrogen-bond donors (Lipinski definition) is 4. The minimum atomic E-state index is -0.652. The number of aromatic nitrogens is 6. The fourth-order valence-electron chi connectivity index (χ4n) is 6.09. The van der Waals surface area contributed by atoms with Crippen LogP contribution in [0.2, 0.25) is 0 Å². The molecule has 5 aromatic rings. The van der Waals surface area contributed by atoms with Crippen molar-refractivity contribution < 1.29 is 9.59 Å². The van der Waals surface area contributed by atoms with Gasteiger partial charge >= 0.3 is 0 Å². The van der Waals surface area contributed by atoms with Crippen LogP contribution in [0.3, 0.4) is 0 Å². The van der Waals surface area contributed by atoms with Gasteiger partial charge in [0, 0.05) is 30.4 Å². The number of carbonyl (C=O) groups is 2. The van der Waals surface area contributed by atoms with Crippen LogP contribution in [0, 0.1) is 0 Å². The average molecular weight is 605 g/mol. The Kier molecular flexibility index (Phi) is 7.08. The third kappa shape index (κ3) is 5.19. The maximum atomic E-state index is 13.1. The second-order valence-electron chi connectivity index (χ2n) is 11.2. The second-order valence-corrected chi connectivity index (χ2v) is 11.2. The number of nitrogens with one attached hydrogen (secondary N) is 3. The van der Waals surface area contributed by atoms with E-state index in [4.69, 9.17) is 5.73 Å². The van der Waals surface area contributed by atoms with Crippen molar-refractivity contribution in [1.29, 1.82) is 0 Å². The summed E-state index contributed by atoms with van der Waals surface area (Å²) in [6.45, 7) is 0.745. The highest BCUT2D eigenvalue weighted by molar-refractivity contribution is 5.97. The van der Waals surface area contributed by atoms with E-state index in [9.17, 15) is 19.2 Å². The quantitative estimate of drug-likeness (QED) is 0.197. The topological polar surface area (TPSA) is 202 Å². The zero-order chi connectivity index (χ0) is 31.1. The number of carbonyl (C=O) groups excluding carboxylic acids is 2. The van der Waals surface area contributed by atoms with Gasteiger partial charge in [-0.2, -0.15) is 5.21 Å². The van der Waals surface area contributed by atoms with E-state index in [-0.39, 0.29) is 35.3 Å². The van der Waals surface area contributed by atoms with E-state index in [2.05, 4.69) is 41.2 Å². The number of hydrogen-bond acceptors (Lipinski definition) is 11. The predicted octanol–water partition coefficient (Wildman–Crippen LogP) is 1.66. The van der Waals surface area contributed by atoms with Gasteiger partial charge in [-0.1, -0.05) is 24.3 Å². The van der Waals surface area contributed by atoms with Crippen LogP contribution in [-0.4, -0.2) is 49.0 Å². The molecule has 0 fully saturated rings. The molecule has 1 aliphatic carbocycles. The summed E-state index contributed by atoms with van der Waals surface area (Å²) in [5.41, 5.74) is 10.6. The molecule has 14 heteroatoms. The van der Waals surface area contributed by atoms with Crippen LogP contribution in [0.15, 0.2) is 58.4 Å². The van der Waals surface area contributed by atoms with Gasteiger partial charge in [-0.05, 0) is 71.7 Å². The number of nitrogens with zero attached hydrogens (tertiary/aromatic N) is 6. The third-order valence-electron chi connectivity index (χ3n) is 8.42. The molecule has 1 atom stereocenters. The Morgan fingerprint density at radius 2 is 1.80 bits per heavy atom. The summed E-state index contributed by atoms with van der Waals surface area (Å²) in [5, 5.41) is 20.0. The molecule has 5 N–H and O–H groups in total. The third-order valence-corrected chi connectivity index (χ3v) is 8.42. The smallest absolute Gasteiger partial charge is 0.270 e. The molecule has 2 aromatic heterocycles. The fraction of sp³-hybridized carbons (Fsp3) is 0.258. The van der Waals surface area contributed by atoms with E-state index in [1.54, 1.807) is 0 Å². The molecule has 0 saturated carbocycles. The summed E-state index contributed by atoms with van der Waals surface area (Å²) in [5.74, 6) is -0.369. The number of aromatic amines is 1. The van der Waals surface area contributed by atoms with Crippen molar-refractivity contribution >= 4 is 28.9 Å². The number of aryl methyl sites for hydroxylation is 2. The van der Waals surface area contributed by atoms with Gasteiger partial charge in [0.25, 0.3) is 22.7 Å². The molecule has 3 heterocycles. The van der Waals surface area contributed by atoms with Crippen LogP contribution in [-0.2, 0) is 19.4 Å². The largest absolute Gasteiger partial charge is 0.394 e. The van der Waals surface area contributed by atoms with Crippen LogP contribution in [0.5, 0.6) is 0 Å². The van der Waals surface area contributed by atoms with Gasteiger partial charge in [-0.15, -0.1) is 10.2 Å². The minimum Gasteiger partial charge on any atom is -0.394 e. The molecule has 2 aliphatic rings. The van der Waals surface area contributed by atoms with Crippen LogP contribution < -0.4 is 32.1 Å². The Morgan fingerprint density at radius 1 is 0.956 bits per heavy atom. The molecule has 45 heavy (non-hydrogen) atoms. The van der Waals surface area contributed by atoms with Crippen LogP contribution in [0.25, 0.3) is 11.4 Å². The summed E-state index contributed by atoms with van der Waals surface area (Å²) in [4.78, 5) is 60.3. The predicted molar refractivity (Wildman–Crippen MR) is 163 cm³/mol. The molecular formula is C31H28N10O4. The second kappa shape index (κ2) is 11.4. The first-order chi connectivity index (χ1) is 21.9. The summed E-state index contributed by atoms with van der Waals surface area (Å²) in [7, 11) is 0. The van der Waals surface area contributed by atoms with Crippen molar-refractivity contribution in [3.8, 4) is 11.4 Å². The molecule has 0 bridgehead atoms. The van der Waals surface area contributed by atoms with Gasteiger partial charge in [0.05, 0.1) is 6.04 Å². The fourth-order valence-corrected chi connectivity index (χ4v) is 6.09. The molecule has 3 aromatic carbocycles. The van der Waals surface area contributed by atoms with Crippen LogP contribution in [0.4, 0.5) is 17.1 Å². The van der Waals surface area contributed by atoms with E-state index in [1.807, 2.05) is 41.3 Å². The number of anilines is 3. The molecule has 0 unspecified atom stereocenters. The molecule has 226 valence electrons. The summed E-state index contributed by atoms with van der Waals surface area (Å²) >= 11 is 0. The zero-order valence-corrected chi connectivity index (χ0v) is 24.0. The van der Waals surface area contributed by atoms with Gasteiger partial charge in [-0.25, -0.2) is 9.97 Å². The number of tetrazole rings is 1. The van der Waals surface area contributed by atoms with Crippen LogP contribution in [0.1, 0.15) is 68.5 Å². The molecule has 0 spiro atoms. The summed E-state index contributed by atoms with van der Waals surface area (Å²) in [6, 6.07) is 12.8. The first-order valence-corrected chi connectivity index (χ1v) is 14.6. The molecular weight excluding hydrogens is 576 g/mol. The Balaban J connectivity index is 1.02. The van der Waals surface area contributed by atoms with E-state index in [1.165, 1.54) is 12.4 Å². The lowest BCUT2D eigenvalue weighted by molar-refractivity contribution is 0.0931. The average Bonchev–Trinajstić information content (AvgIpc) is 3.71. The lowest BCUT2D eigenvalue weighted by Gasteiger charge is -2.27. The number of amides is 2. The lowest BCUT2D eigenvalue weighted by atomic mass is 10.0. The number of H-pyrrole nitrogens is 1. The van der Waals surface area contributed by atoms with E-state index < -0.39 is 22.7 Å². The van der Waals surface area contributed by atoms with Crippen molar-refractivity contribution in [2.75, 3.05) is 17.2 Å². The molecule has 14 nitrogen and oxygen atoms in total. The Labute approximate surface area is 255 Å². The minimum absolute atomic E-state index is 0.0121. The normalized spacial score (nSPS) is 15.7. The van der Waals surface area contributed by atoms with Gasteiger partial charge in [0.15, 0.2) is 0 Å². The summed E-state index contributed by atoms with van der Waals surface area (Å²) in [6.07, 6.45) is 5.31. The van der Waals surface area contributed by atoms with Gasteiger partial charge in [0.1, 0.15) is 29.1 Å². The maximum absolute atomic E-state index is 13.1. The molecule has 7 rings (SSSR count). The number of nitrogen functional groups attached to an aromatic ring is 1. The van der Waals surface area contributed by atoms with Crippen molar-refractivity contribution in [3.05, 3.63) is 103 Å².